The van der Waals surface area contributed by atoms with Crippen molar-refractivity contribution in [2.24, 2.45) is 11.3 Å². The van der Waals surface area contributed by atoms with Crippen molar-refractivity contribution in [2.45, 2.75) is 46.6 Å². The summed E-state index contributed by atoms with van der Waals surface area (Å²) in [6.07, 6.45) is 3.97. The first kappa shape index (κ1) is 17.9. The van der Waals surface area contributed by atoms with Crippen molar-refractivity contribution < 1.29 is 14.6 Å². The highest BCUT2D eigenvalue weighted by atomic mass is 16.5. The molecular formula is C17H29N3O3. The van der Waals surface area contributed by atoms with Gasteiger partial charge in [0.1, 0.15) is 0 Å². The topological polar surface area (TPSA) is 76.4 Å². The van der Waals surface area contributed by atoms with Gasteiger partial charge in [0.25, 0.3) is 5.91 Å². The molecule has 0 spiro atoms. The molecule has 0 saturated carbocycles. The summed E-state index contributed by atoms with van der Waals surface area (Å²) in [6.45, 7) is 9.08. The lowest BCUT2D eigenvalue weighted by Gasteiger charge is -2.26. The first-order valence-corrected chi connectivity index (χ1v) is 8.53. The largest absolute Gasteiger partial charge is 0.396 e. The Morgan fingerprint density at radius 1 is 1.57 bits per heavy atom. The van der Waals surface area contributed by atoms with E-state index in [0.29, 0.717) is 37.7 Å². The number of hydrogen-bond donors (Lipinski definition) is 2. The van der Waals surface area contributed by atoms with Crippen LogP contribution in [0.25, 0.3) is 0 Å². The van der Waals surface area contributed by atoms with Crippen molar-refractivity contribution in [3.05, 3.63) is 17.5 Å². The molecule has 1 aromatic heterocycles. The van der Waals surface area contributed by atoms with Gasteiger partial charge in [0, 0.05) is 31.7 Å². The number of nitrogens with one attached hydrogen (secondary N) is 1. The molecule has 130 valence electrons. The number of aromatic nitrogens is 2. The molecule has 2 N–H and O–H groups in total. The fourth-order valence-corrected chi connectivity index (χ4v) is 3.15. The lowest BCUT2D eigenvalue weighted by Crippen LogP contribution is -2.39. The monoisotopic (exact) mass is 323 g/mol. The molecule has 0 aliphatic carbocycles. The fourth-order valence-electron chi connectivity index (χ4n) is 3.15. The van der Waals surface area contributed by atoms with Crippen LogP contribution < -0.4 is 5.32 Å². The van der Waals surface area contributed by atoms with E-state index in [1.807, 2.05) is 11.6 Å². The van der Waals surface area contributed by atoms with E-state index < -0.39 is 0 Å². The smallest absolute Gasteiger partial charge is 0.254 e. The molecule has 1 aliphatic heterocycles. The van der Waals surface area contributed by atoms with Gasteiger partial charge in [-0.05, 0) is 25.2 Å². The van der Waals surface area contributed by atoms with Crippen LogP contribution in [0, 0.1) is 11.3 Å². The van der Waals surface area contributed by atoms with Gasteiger partial charge in [0.05, 0.1) is 24.1 Å². The van der Waals surface area contributed by atoms with Crippen molar-refractivity contribution in [3.63, 3.8) is 0 Å². The number of carbonyl (C=O) groups excluding carboxylic acids is 1. The number of nitrogens with zero attached hydrogens (tertiary/aromatic N) is 2. The van der Waals surface area contributed by atoms with E-state index in [4.69, 9.17) is 4.74 Å². The molecular weight excluding hydrogens is 294 g/mol. The van der Waals surface area contributed by atoms with E-state index in [2.05, 4.69) is 24.3 Å². The lowest BCUT2D eigenvalue weighted by molar-refractivity contribution is 0.0888. The van der Waals surface area contributed by atoms with Gasteiger partial charge < -0.3 is 15.2 Å². The van der Waals surface area contributed by atoms with E-state index in [9.17, 15) is 9.90 Å². The van der Waals surface area contributed by atoms with Crippen molar-refractivity contribution >= 4 is 5.91 Å². The average Bonchev–Trinajstić information content (AvgIpc) is 3.12. The van der Waals surface area contributed by atoms with Crippen molar-refractivity contribution in [3.8, 4) is 0 Å². The van der Waals surface area contributed by atoms with Gasteiger partial charge in [-0.2, -0.15) is 5.10 Å². The fraction of sp³-hybridized carbons (Fsp3) is 0.765. The summed E-state index contributed by atoms with van der Waals surface area (Å²) in [5.74, 6) is 0.403. The number of aliphatic hydroxyl groups excluding tert-OH is 1. The van der Waals surface area contributed by atoms with Crippen LogP contribution in [0.1, 0.15) is 49.7 Å². The number of carbonyl (C=O) groups is 1. The summed E-state index contributed by atoms with van der Waals surface area (Å²) >= 11 is 0. The second kappa shape index (κ2) is 7.93. The normalized spacial score (nSPS) is 21.1. The summed E-state index contributed by atoms with van der Waals surface area (Å²) in [7, 11) is 0. The van der Waals surface area contributed by atoms with Crippen LogP contribution in [0.2, 0.25) is 0 Å². The molecule has 1 aromatic rings. The van der Waals surface area contributed by atoms with E-state index in [0.717, 1.165) is 25.1 Å². The van der Waals surface area contributed by atoms with Crippen LogP contribution in [0.3, 0.4) is 0 Å². The van der Waals surface area contributed by atoms with Gasteiger partial charge in [-0.3, -0.25) is 9.48 Å². The molecule has 1 unspecified atom stereocenters. The lowest BCUT2D eigenvalue weighted by atomic mass is 9.84. The average molecular weight is 323 g/mol. The minimum atomic E-state index is -0.134. The van der Waals surface area contributed by atoms with Gasteiger partial charge in [-0.25, -0.2) is 0 Å². The number of amides is 1. The molecule has 0 radical (unpaired) electrons. The van der Waals surface area contributed by atoms with Gasteiger partial charge in [0.15, 0.2) is 0 Å². The third kappa shape index (κ3) is 4.32. The molecule has 23 heavy (non-hydrogen) atoms. The highest BCUT2D eigenvalue weighted by Crippen LogP contribution is 2.31. The maximum atomic E-state index is 12.6. The van der Waals surface area contributed by atoms with Crippen molar-refractivity contribution in [1.82, 2.24) is 15.1 Å². The summed E-state index contributed by atoms with van der Waals surface area (Å²) in [5.41, 5.74) is 1.51. The predicted molar refractivity (Wildman–Crippen MR) is 88.3 cm³/mol. The van der Waals surface area contributed by atoms with Gasteiger partial charge in [-0.15, -0.1) is 0 Å². The summed E-state index contributed by atoms with van der Waals surface area (Å²) in [4.78, 5) is 12.6. The highest BCUT2D eigenvalue weighted by Gasteiger charge is 2.35. The third-order valence-corrected chi connectivity index (χ3v) is 4.52. The van der Waals surface area contributed by atoms with Gasteiger partial charge >= 0.3 is 0 Å². The Labute approximate surface area is 138 Å². The van der Waals surface area contributed by atoms with Crippen molar-refractivity contribution in [1.29, 1.82) is 0 Å². The first-order valence-electron chi connectivity index (χ1n) is 8.53. The number of ether oxygens (including phenoxy) is 1. The second-order valence-corrected chi connectivity index (χ2v) is 6.89. The first-order chi connectivity index (χ1) is 11.0. The van der Waals surface area contributed by atoms with Crippen LogP contribution in [0.15, 0.2) is 6.20 Å². The number of rotatable bonds is 8. The minimum Gasteiger partial charge on any atom is -0.396 e. The van der Waals surface area contributed by atoms with Crippen LogP contribution in [-0.2, 0) is 17.7 Å². The molecule has 2 heterocycles. The molecule has 1 aliphatic rings. The van der Waals surface area contributed by atoms with Crippen LogP contribution >= 0.6 is 0 Å². The Bertz CT molecular complexity index is 519. The zero-order chi connectivity index (χ0) is 16.9. The molecule has 0 aromatic carbocycles. The maximum absolute atomic E-state index is 12.6. The second-order valence-electron chi connectivity index (χ2n) is 6.89. The summed E-state index contributed by atoms with van der Waals surface area (Å²) < 4.78 is 7.40. The van der Waals surface area contributed by atoms with Crippen molar-refractivity contribution in [2.75, 3.05) is 26.4 Å². The molecule has 0 bridgehead atoms. The number of aliphatic hydroxyl groups is 1. The molecule has 6 nitrogen and oxygen atoms in total. The molecule has 1 fully saturated rings. The van der Waals surface area contributed by atoms with E-state index in [-0.39, 0.29) is 17.9 Å². The zero-order valence-corrected chi connectivity index (χ0v) is 14.5. The Morgan fingerprint density at radius 2 is 2.35 bits per heavy atom. The molecule has 1 amide bonds. The van der Waals surface area contributed by atoms with E-state index in [1.165, 1.54) is 0 Å². The molecule has 1 saturated heterocycles. The highest BCUT2D eigenvalue weighted by molar-refractivity contribution is 5.95. The standard InChI is InChI=1S/C17H29N3O3/c1-4-15-14(9-19-20(15)10-13(2)3)16(22)18-11-17(5-7-21)6-8-23-12-17/h9,13,21H,4-8,10-12H2,1-3H3,(H,18,22). The zero-order valence-electron chi connectivity index (χ0n) is 14.5. The Hall–Kier alpha value is -1.40. The molecule has 1 atom stereocenters. The van der Waals surface area contributed by atoms with Crippen LogP contribution in [0.5, 0.6) is 0 Å². The maximum Gasteiger partial charge on any atom is 0.254 e. The van der Waals surface area contributed by atoms with E-state index >= 15 is 0 Å². The molecule has 2 rings (SSSR count). The van der Waals surface area contributed by atoms with Gasteiger partial charge in [0.2, 0.25) is 0 Å². The molecule has 6 heteroatoms. The minimum absolute atomic E-state index is 0.0823. The Balaban J connectivity index is 2.04. The SMILES string of the molecule is CCc1c(C(=O)NCC2(CCO)CCOC2)cnn1CC(C)C. The third-order valence-electron chi connectivity index (χ3n) is 4.52. The summed E-state index contributed by atoms with van der Waals surface area (Å²) in [5, 5.41) is 16.7. The van der Waals surface area contributed by atoms with Gasteiger partial charge in [-0.1, -0.05) is 20.8 Å². The van der Waals surface area contributed by atoms with Crippen LogP contribution in [0.4, 0.5) is 0 Å². The number of hydrogen-bond acceptors (Lipinski definition) is 4. The van der Waals surface area contributed by atoms with E-state index in [1.54, 1.807) is 6.20 Å². The Kier molecular flexibility index (Phi) is 6.18. The predicted octanol–water partition coefficient (Wildman–Crippen LogP) is 1.62. The summed E-state index contributed by atoms with van der Waals surface area (Å²) in [6, 6.07) is 0. The quantitative estimate of drug-likeness (QED) is 0.762. The van der Waals surface area contributed by atoms with Crippen LogP contribution in [-0.4, -0.2) is 47.2 Å². The Morgan fingerprint density at radius 3 is 2.91 bits per heavy atom.